The third kappa shape index (κ3) is 4.56. The van der Waals surface area contributed by atoms with Gasteiger partial charge in [0.1, 0.15) is 0 Å². The van der Waals surface area contributed by atoms with Crippen molar-refractivity contribution in [3.05, 3.63) is 35.9 Å². The molecule has 2 aliphatic rings. The minimum absolute atomic E-state index is 0.0235. The van der Waals surface area contributed by atoms with Crippen molar-refractivity contribution in [1.29, 1.82) is 0 Å². The maximum atomic E-state index is 12.6. The SMILES string of the molecule is CN(CCO[C@@H]1CCCCO1)[C@@H]1CCN(Cc2ccccc2)C1=O. The molecule has 0 aliphatic carbocycles. The highest BCUT2D eigenvalue weighted by molar-refractivity contribution is 5.83. The molecule has 2 heterocycles. The Balaban J connectivity index is 1.42. The van der Waals surface area contributed by atoms with E-state index in [1.807, 2.05) is 30.1 Å². The highest BCUT2D eigenvalue weighted by atomic mass is 16.7. The number of carbonyl (C=O) groups excluding carboxylic acids is 1. The van der Waals surface area contributed by atoms with E-state index in [-0.39, 0.29) is 18.2 Å². The monoisotopic (exact) mass is 332 g/mol. The van der Waals surface area contributed by atoms with Crippen LogP contribution in [0, 0.1) is 0 Å². The summed E-state index contributed by atoms with van der Waals surface area (Å²) in [5.74, 6) is 0.232. The van der Waals surface area contributed by atoms with Gasteiger partial charge in [-0.1, -0.05) is 30.3 Å². The van der Waals surface area contributed by atoms with E-state index in [4.69, 9.17) is 9.47 Å². The third-order valence-electron chi connectivity index (χ3n) is 4.90. The Hall–Kier alpha value is -1.43. The van der Waals surface area contributed by atoms with Gasteiger partial charge in [0.05, 0.1) is 12.6 Å². The van der Waals surface area contributed by atoms with Gasteiger partial charge in [0, 0.05) is 26.2 Å². The van der Waals surface area contributed by atoms with Gasteiger partial charge in [-0.15, -0.1) is 0 Å². The number of likely N-dealkylation sites (N-methyl/N-ethyl adjacent to an activating group) is 1. The van der Waals surface area contributed by atoms with Gasteiger partial charge in [0.25, 0.3) is 0 Å². The van der Waals surface area contributed by atoms with Crippen LogP contribution in [0.15, 0.2) is 30.3 Å². The lowest BCUT2D eigenvalue weighted by molar-refractivity contribution is -0.164. The Kier molecular flexibility index (Phi) is 6.24. The maximum absolute atomic E-state index is 12.6. The predicted molar refractivity (Wildman–Crippen MR) is 92.4 cm³/mol. The van der Waals surface area contributed by atoms with Gasteiger partial charge in [0.15, 0.2) is 6.29 Å². The molecule has 1 aromatic rings. The average molecular weight is 332 g/mol. The number of ether oxygens (including phenoxy) is 2. The van der Waals surface area contributed by atoms with Gasteiger partial charge in [-0.05, 0) is 38.3 Å². The fourth-order valence-corrected chi connectivity index (χ4v) is 3.42. The zero-order valence-corrected chi connectivity index (χ0v) is 14.5. The van der Waals surface area contributed by atoms with Crippen LogP contribution in [0.25, 0.3) is 0 Å². The molecule has 2 atom stereocenters. The fourth-order valence-electron chi connectivity index (χ4n) is 3.42. The Morgan fingerprint density at radius 1 is 1.25 bits per heavy atom. The second-order valence-corrected chi connectivity index (χ2v) is 6.70. The van der Waals surface area contributed by atoms with Gasteiger partial charge in [-0.25, -0.2) is 0 Å². The summed E-state index contributed by atoms with van der Waals surface area (Å²) in [4.78, 5) is 16.7. The molecule has 5 nitrogen and oxygen atoms in total. The van der Waals surface area contributed by atoms with Crippen molar-refractivity contribution in [3.63, 3.8) is 0 Å². The molecule has 0 spiro atoms. The van der Waals surface area contributed by atoms with E-state index in [1.54, 1.807) is 0 Å². The number of rotatable bonds is 7. The van der Waals surface area contributed by atoms with Crippen molar-refractivity contribution >= 4 is 5.91 Å². The van der Waals surface area contributed by atoms with Crippen molar-refractivity contribution in [3.8, 4) is 0 Å². The number of likely N-dealkylation sites (tertiary alicyclic amines) is 1. The summed E-state index contributed by atoms with van der Waals surface area (Å²) in [6.07, 6.45) is 4.13. The molecule has 0 bridgehead atoms. The Bertz CT molecular complexity index is 517. The van der Waals surface area contributed by atoms with Gasteiger partial charge < -0.3 is 14.4 Å². The molecule has 2 fully saturated rings. The number of carbonyl (C=O) groups is 1. The van der Waals surface area contributed by atoms with Gasteiger partial charge in [-0.2, -0.15) is 0 Å². The van der Waals surface area contributed by atoms with E-state index in [2.05, 4.69) is 17.0 Å². The van der Waals surface area contributed by atoms with Crippen LogP contribution in [-0.4, -0.2) is 61.4 Å². The molecule has 0 saturated carbocycles. The lowest BCUT2D eigenvalue weighted by atomic mass is 10.2. The van der Waals surface area contributed by atoms with Crippen molar-refractivity contribution in [1.82, 2.24) is 9.80 Å². The van der Waals surface area contributed by atoms with E-state index < -0.39 is 0 Å². The Morgan fingerprint density at radius 2 is 2.08 bits per heavy atom. The highest BCUT2D eigenvalue weighted by Crippen LogP contribution is 2.19. The molecule has 2 saturated heterocycles. The molecule has 3 rings (SSSR count). The average Bonchev–Trinajstić information content (AvgIpc) is 2.97. The quantitative estimate of drug-likeness (QED) is 0.768. The number of nitrogens with zero attached hydrogens (tertiary/aromatic N) is 2. The number of hydrogen-bond donors (Lipinski definition) is 0. The van der Waals surface area contributed by atoms with Crippen LogP contribution in [-0.2, 0) is 20.8 Å². The zero-order chi connectivity index (χ0) is 16.8. The molecule has 1 amide bonds. The van der Waals surface area contributed by atoms with E-state index in [1.165, 1.54) is 12.0 Å². The van der Waals surface area contributed by atoms with Crippen LogP contribution in [0.4, 0.5) is 0 Å². The first-order chi connectivity index (χ1) is 11.7. The van der Waals surface area contributed by atoms with Crippen LogP contribution in [0.3, 0.4) is 0 Å². The van der Waals surface area contributed by atoms with Crippen molar-refractivity contribution in [2.75, 3.05) is 33.4 Å². The van der Waals surface area contributed by atoms with Crippen molar-refractivity contribution in [2.24, 2.45) is 0 Å². The lowest BCUT2D eigenvalue weighted by Gasteiger charge is -2.26. The molecule has 24 heavy (non-hydrogen) atoms. The number of amides is 1. The summed E-state index contributed by atoms with van der Waals surface area (Å²) in [6, 6.07) is 10.2. The normalized spacial score (nSPS) is 24.8. The standard InChI is InChI=1S/C19H28N2O3/c1-20(12-14-24-18-9-5-6-13-23-18)17-10-11-21(19(17)22)15-16-7-3-2-4-8-16/h2-4,7-8,17-18H,5-6,9-15H2,1H3/t17-,18-/m1/s1. The zero-order valence-electron chi connectivity index (χ0n) is 14.5. The molecule has 0 aromatic heterocycles. The first-order valence-corrected chi connectivity index (χ1v) is 9.00. The largest absolute Gasteiger partial charge is 0.353 e. The van der Waals surface area contributed by atoms with Crippen LogP contribution < -0.4 is 0 Å². The minimum Gasteiger partial charge on any atom is -0.353 e. The molecule has 1 aromatic carbocycles. The molecule has 0 unspecified atom stereocenters. The summed E-state index contributed by atoms with van der Waals surface area (Å²) in [5, 5.41) is 0. The van der Waals surface area contributed by atoms with Crippen molar-refractivity contribution < 1.29 is 14.3 Å². The Labute approximate surface area is 144 Å². The molecule has 132 valence electrons. The fraction of sp³-hybridized carbons (Fsp3) is 0.632. The first-order valence-electron chi connectivity index (χ1n) is 9.00. The second kappa shape index (κ2) is 8.60. The topological polar surface area (TPSA) is 42.0 Å². The van der Waals surface area contributed by atoms with Crippen LogP contribution >= 0.6 is 0 Å². The summed E-state index contributed by atoms with van der Waals surface area (Å²) in [5.41, 5.74) is 1.19. The minimum atomic E-state index is -0.0546. The molecule has 5 heteroatoms. The van der Waals surface area contributed by atoms with E-state index in [0.717, 1.165) is 39.0 Å². The van der Waals surface area contributed by atoms with Gasteiger partial charge in [0.2, 0.25) is 5.91 Å². The smallest absolute Gasteiger partial charge is 0.240 e. The van der Waals surface area contributed by atoms with E-state index in [0.29, 0.717) is 13.2 Å². The lowest BCUT2D eigenvalue weighted by Crippen LogP contribution is -2.41. The van der Waals surface area contributed by atoms with Crippen LogP contribution in [0.5, 0.6) is 0 Å². The maximum Gasteiger partial charge on any atom is 0.240 e. The first kappa shape index (κ1) is 17.4. The van der Waals surface area contributed by atoms with Crippen LogP contribution in [0.1, 0.15) is 31.2 Å². The van der Waals surface area contributed by atoms with Crippen LogP contribution in [0.2, 0.25) is 0 Å². The summed E-state index contributed by atoms with van der Waals surface area (Å²) in [7, 11) is 2.01. The van der Waals surface area contributed by atoms with E-state index >= 15 is 0 Å². The third-order valence-corrected chi connectivity index (χ3v) is 4.90. The van der Waals surface area contributed by atoms with Gasteiger partial charge in [-0.3, -0.25) is 9.69 Å². The summed E-state index contributed by atoms with van der Waals surface area (Å²) < 4.78 is 11.4. The summed E-state index contributed by atoms with van der Waals surface area (Å²) >= 11 is 0. The van der Waals surface area contributed by atoms with Gasteiger partial charge >= 0.3 is 0 Å². The molecular weight excluding hydrogens is 304 g/mol. The molecule has 0 radical (unpaired) electrons. The number of benzene rings is 1. The predicted octanol–water partition coefficient (Wildman–Crippen LogP) is 2.26. The molecular formula is C19H28N2O3. The summed E-state index contributed by atoms with van der Waals surface area (Å²) in [6.45, 7) is 3.71. The highest BCUT2D eigenvalue weighted by Gasteiger charge is 2.34. The number of hydrogen-bond acceptors (Lipinski definition) is 4. The Morgan fingerprint density at radius 3 is 2.83 bits per heavy atom. The van der Waals surface area contributed by atoms with Crippen molar-refractivity contribution in [2.45, 2.75) is 44.6 Å². The molecule has 2 aliphatic heterocycles. The second-order valence-electron chi connectivity index (χ2n) is 6.70. The molecule has 0 N–H and O–H groups in total. The van der Waals surface area contributed by atoms with E-state index in [9.17, 15) is 4.79 Å².